The number of hydrogen-bond donors (Lipinski definition) is 1. The summed E-state index contributed by atoms with van der Waals surface area (Å²) in [4.78, 5) is 0. The van der Waals surface area contributed by atoms with Gasteiger partial charge in [0.15, 0.2) is 0 Å². The molecule has 0 aliphatic rings. The minimum absolute atomic E-state index is 0.976. The van der Waals surface area contributed by atoms with Gasteiger partial charge in [-0.15, -0.1) is 0 Å². The molecule has 1 heterocycles. The zero-order valence-electron chi connectivity index (χ0n) is 11.8. The molecule has 0 radical (unpaired) electrons. The maximum Gasteiger partial charge on any atom is 0.0669 e. The third-order valence-electron chi connectivity index (χ3n) is 3.08. The summed E-state index contributed by atoms with van der Waals surface area (Å²) in [7, 11) is 0. The molecule has 0 aromatic carbocycles. The molecule has 0 atom stereocenters. The van der Waals surface area contributed by atoms with E-state index in [0.717, 1.165) is 38.9 Å². The van der Waals surface area contributed by atoms with Gasteiger partial charge in [0.1, 0.15) is 0 Å². The Morgan fingerprint density at radius 3 is 2.35 bits per heavy atom. The van der Waals surface area contributed by atoms with Crippen molar-refractivity contribution in [3.8, 4) is 0 Å². The Hall–Kier alpha value is -0.830. The SMILES string of the molecule is CCCNCc1c(CC)nn(CCC)c1CC. The van der Waals surface area contributed by atoms with Gasteiger partial charge in [0.2, 0.25) is 0 Å². The summed E-state index contributed by atoms with van der Waals surface area (Å²) in [5, 5.41) is 8.25. The van der Waals surface area contributed by atoms with Gasteiger partial charge >= 0.3 is 0 Å². The van der Waals surface area contributed by atoms with Gasteiger partial charge < -0.3 is 5.32 Å². The van der Waals surface area contributed by atoms with Gasteiger partial charge in [-0.3, -0.25) is 4.68 Å². The first-order chi connectivity index (χ1) is 8.28. The van der Waals surface area contributed by atoms with Crippen molar-refractivity contribution in [2.45, 2.75) is 66.5 Å². The molecular formula is C14H27N3. The van der Waals surface area contributed by atoms with Crippen LogP contribution in [-0.2, 0) is 25.9 Å². The molecule has 3 heteroatoms. The van der Waals surface area contributed by atoms with Crippen molar-refractivity contribution in [1.29, 1.82) is 0 Å². The molecule has 0 bridgehead atoms. The first-order valence-corrected chi connectivity index (χ1v) is 7.06. The first-order valence-electron chi connectivity index (χ1n) is 7.06. The van der Waals surface area contributed by atoms with E-state index < -0.39 is 0 Å². The third kappa shape index (κ3) is 3.56. The molecule has 1 N–H and O–H groups in total. The van der Waals surface area contributed by atoms with Gasteiger partial charge in [-0.05, 0) is 32.2 Å². The fraction of sp³-hybridized carbons (Fsp3) is 0.786. The molecule has 1 rings (SSSR count). The lowest BCUT2D eigenvalue weighted by molar-refractivity contribution is 0.569. The van der Waals surface area contributed by atoms with Crippen molar-refractivity contribution in [1.82, 2.24) is 15.1 Å². The lowest BCUT2D eigenvalue weighted by Crippen LogP contribution is -2.16. The molecule has 0 saturated heterocycles. The van der Waals surface area contributed by atoms with Gasteiger partial charge in [0, 0.05) is 24.3 Å². The molecule has 1 aromatic heterocycles. The summed E-state index contributed by atoms with van der Waals surface area (Å²) < 4.78 is 2.21. The van der Waals surface area contributed by atoms with Crippen molar-refractivity contribution in [2.75, 3.05) is 6.54 Å². The summed E-state index contributed by atoms with van der Waals surface area (Å²) in [6.45, 7) is 11.9. The van der Waals surface area contributed by atoms with Crippen molar-refractivity contribution >= 4 is 0 Å². The van der Waals surface area contributed by atoms with Crippen LogP contribution in [0, 0.1) is 0 Å². The van der Waals surface area contributed by atoms with Crippen LogP contribution in [0.3, 0.4) is 0 Å². The van der Waals surface area contributed by atoms with E-state index in [1.807, 2.05) is 0 Å². The van der Waals surface area contributed by atoms with E-state index in [9.17, 15) is 0 Å². The number of nitrogens with one attached hydrogen (secondary N) is 1. The van der Waals surface area contributed by atoms with Gasteiger partial charge in [0.25, 0.3) is 0 Å². The van der Waals surface area contributed by atoms with E-state index in [0.29, 0.717) is 0 Å². The number of nitrogens with zero attached hydrogens (tertiary/aromatic N) is 2. The summed E-state index contributed by atoms with van der Waals surface area (Å²) in [6.07, 6.45) is 4.45. The average Bonchev–Trinajstić information content (AvgIpc) is 2.67. The van der Waals surface area contributed by atoms with E-state index in [4.69, 9.17) is 5.10 Å². The van der Waals surface area contributed by atoms with Crippen LogP contribution in [0.5, 0.6) is 0 Å². The fourth-order valence-corrected chi connectivity index (χ4v) is 2.26. The zero-order chi connectivity index (χ0) is 12.7. The van der Waals surface area contributed by atoms with Crippen LogP contribution in [0.15, 0.2) is 0 Å². The van der Waals surface area contributed by atoms with Gasteiger partial charge in [0.05, 0.1) is 5.69 Å². The van der Waals surface area contributed by atoms with E-state index >= 15 is 0 Å². The predicted molar refractivity (Wildman–Crippen MR) is 73.3 cm³/mol. The van der Waals surface area contributed by atoms with Crippen LogP contribution in [0.1, 0.15) is 57.5 Å². The average molecular weight is 237 g/mol. The smallest absolute Gasteiger partial charge is 0.0669 e. The molecule has 0 fully saturated rings. The summed E-state index contributed by atoms with van der Waals surface area (Å²) >= 11 is 0. The molecule has 17 heavy (non-hydrogen) atoms. The van der Waals surface area contributed by atoms with E-state index in [1.54, 1.807) is 0 Å². The molecular weight excluding hydrogens is 210 g/mol. The maximum atomic E-state index is 4.74. The topological polar surface area (TPSA) is 29.9 Å². The van der Waals surface area contributed by atoms with Gasteiger partial charge in [-0.25, -0.2) is 0 Å². The van der Waals surface area contributed by atoms with Crippen LogP contribution in [-0.4, -0.2) is 16.3 Å². The maximum absolute atomic E-state index is 4.74. The Balaban J connectivity index is 2.89. The second-order valence-electron chi connectivity index (χ2n) is 4.48. The second-order valence-corrected chi connectivity index (χ2v) is 4.48. The van der Waals surface area contributed by atoms with E-state index in [1.165, 1.54) is 23.4 Å². The third-order valence-corrected chi connectivity index (χ3v) is 3.08. The summed E-state index contributed by atoms with van der Waals surface area (Å²) in [6, 6.07) is 0. The second kappa shape index (κ2) is 7.49. The molecule has 0 aliphatic heterocycles. The molecule has 3 nitrogen and oxygen atoms in total. The van der Waals surface area contributed by atoms with E-state index in [2.05, 4.69) is 37.7 Å². The van der Waals surface area contributed by atoms with Crippen molar-refractivity contribution in [2.24, 2.45) is 0 Å². The largest absolute Gasteiger partial charge is 0.313 e. The molecule has 0 saturated carbocycles. The fourth-order valence-electron chi connectivity index (χ4n) is 2.26. The van der Waals surface area contributed by atoms with Crippen LogP contribution in [0.2, 0.25) is 0 Å². The molecule has 0 aliphatic carbocycles. The predicted octanol–water partition coefficient (Wildman–Crippen LogP) is 2.92. The lowest BCUT2D eigenvalue weighted by atomic mass is 10.1. The Bertz CT molecular complexity index is 328. The highest BCUT2D eigenvalue weighted by molar-refractivity contribution is 5.26. The van der Waals surface area contributed by atoms with Crippen molar-refractivity contribution in [3.63, 3.8) is 0 Å². The molecule has 0 spiro atoms. The van der Waals surface area contributed by atoms with Crippen molar-refractivity contribution < 1.29 is 0 Å². The molecule has 0 amide bonds. The van der Waals surface area contributed by atoms with Crippen LogP contribution in [0.4, 0.5) is 0 Å². The Kier molecular flexibility index (Phi) is 6.27. The summed E-state index contributed by atoms with van der Waals surface area (Å²) in [5.41, 5.74) is 4.14. The normalized spacial score (nSPS) is 11.1. The van der Waals surface area contributed by atoms with Gasteiger partial charge in [-0.2, -0.15) is 5.10 Å². The highest BCUT2D eigenvalue weighted by Crippen LogP contribution is 2.16. The summed E-state index contributed by atoms with van der Waals surface area (Å²) in [5.74, 6) is 0. The highest BCUT2D eigenvalue weighted by Gasteiger charge is 2.14. The quantitative estimate of drug-likeness (QED) is 0.705. The zero-order valence-corrected chi connectivity index (χ0v) is 11.8. The number of rotatable bonds is 8. The Labute approximate surface area is 106 Å². The van der Waals surface area contributed by atoms with Crippen LogP contribution < -0.4 is 5.32 Å². The number of aromatic nitrogens is 2. The monoisotopic (exact) mass is 237 g/mol. The van der Waals surface area contributed by atoms with Crippen LogP contribution >= 0.6 is 0 Å². The Morgan fingerprint density at radius 2 is 1.82 bits per heavy atom. The van der Waals surface area contributed by atoms with Crippen molar-refractivity contribution in [3.05, 3.63) is 17.0 Å². The van der Waals surface area contributed by atoms with Crippen LogP contribution in [0.25, 0.3) is 0 Å². The molecule has 0 unspecified atom stereocenters. The minimum Gasteiger partial charge on any atom is -0.313 e. The van der Waals surface area contributed by atoms with Gasteiger partial charge in [-0.1, -0.05) is 27.7 Å². The first kappa shape index (κ1) is 14.2. The molecule has 98 valence electrons. The Morgan fingerprint density at radius 1 is 1.06 bits per heavy atom. The standard InChI is InChI=1S/C14H27N3/c1-5-9-15-11-12-13(7-3)16-17(10-6-2)14(12)8-4/h15H,5-11H2,1-4H3. The molecule has 1 aromatic rings. The number of hydrogen-bond acceptors (Lipinski definition) is 2. The highest BCUT2D eigenvalue weighted by atomic mass is 15.3. The number of aryl methyl sites for hydroxylation is 2. The minimum atomic E-state index is 0.976. The van der Waals surface area contributed by atoms with E-state index in [-0.39, 0.29) is 0 Å². The lowest BCUT2D eigenvalue weighted by Gasteiger charge is -2.07.